The molecule has 100 valence electrons. The number of carboxylic acids is 1. The van der Waals surface area contributed by atoms with Crippen molar-refractivity contribution < 1.29 is 24.2 Å². The number of carbonyl (C=O) groups is 3. The highest BCUT2D eigenvalue weighted by molar-refractivity contribution is 6.02. The third-order valence-corrected chi connectivity index (χ3v) is 2.47. The molecule has 7 nitrogen and oxygen atoms in total. The van der Waals surface area contributed by atoms with Crippen molar-refractivity contribution in [3.63, 3.8) is 0 Å². The Bertz CT molecular complexity index is 372. The maximum absolute atomic E-state index is 11.5. The van der Waals surface area contributed by atoms with Crippen molar-refractivity contribution in [2.75, 3.05) is 13.2 Å². The number of ether oxygens (including phenoxy) is 1. The van der Waals surface area contributed by atoms with Crippen molar-refractivity contribution in [3.05, 3.63) is 12.2 Å². The van der Waals surface area contributed by atoms with Gasteiger partial charge in [0.2, 0.25) is 0 Å². The Hall–Kier alpha value is -1.89. The zero-order chi connectivity index (χ0) is 13.6. The molecule has 1 unspecified atom stereocenters. The Kier molecular flexibility index (Phi) is 4.85. The lowest BCUT2D eigenvalue weighted by atomic mass is 9.95. The van der Waals surface area contributed by atoms with Crippen LogP contribution in [0.1, 0.15) is 19.8 Å². The van der Waals surface area contributed by atoms with E-state index in [2.05, 4.69) is 5.32 Å². The van der Waals surface area contributed by atoms with Crippen LogP contribution in [0.3, 0.4) is 0 Å². The molecule has 0 bridgehead atoms. The summed E-state index contributed by atoms with van der Waals surface area (Å²) in [5.41, 5.74) is -0.501. The largest absolute Gasteiger partial charge is 0.478 e. The summed E-state index contributed by atoms with van der Waals surface area (Å²) in [4.78, 5) is 32.8. The van der Waals surface area contributed by atoms with Crippen LogP contribution in [0.15, 0.2) is 12.2 Å². The minimum Gasteiger partial charge on any atom is -0.478 e. The van der Waals surface area contributed by atoms with Gasteiger partial charge in [-0.1, -0.05) is 0 Å². The van der Waals surface area contributed by atoms with E-state index < -0.39 is 23.4 Å². The summed E-state index contributed by atoms with van der Waals surface area (Å²) in [5, 5.41) is 13.0. The van der Waals surface area contributed by atoms with Crippen molar-refractivity contribution >= 4 is 17.9 Å². The van der Waals surface area contributed by atoms with Crippen molar-refractivity contribution in [1.29, 1.82) is 0 Å². The first-order valence-corrected chi connectivity index (χ1v) is 5.53. The van der Waals surface area contributed by atoms with Crippen molar-refractivity contribution in [2.45, 2.75) is 25.3 Å². The number of nitrogens with one attached hydrogen (secondary N) is 2. The Morgan fingerprint density at radius 3 is 2.61 bits per heavy atom. The number of urea groups is 1. The van der Waals surface area contributed by atoms with Crippen LogP contribution < -0.4 is 10.6 Å². The van der Waals surface area contributed by atoms with Crippen molar-refractivity contribution in [2.24, 2.45) is 0 Å². The van der Waals surface area contributed by atoms with E-state index in [1.165, 1.54) is 0 Å². The normalized spacial score (nSPS) is 23.6. The highest BCUT2D eigenvalue weighted by Gasteiger charge is 2.29. The average Bonchev–Trinajstić information content (AvgIpc) is 2.26. The Morgan fingerprint density at radius 2 is 2.06 bits per heavy atom. The standard InChI is InChI=1S/C11H16N2O5/c1-11(5-2-6-18-7-11)13-10(17)12-8(14)3-4-9(15)16/h3-4H,2,5-7H2,1H3,(H,15,16)(H2,12,13,14,17)/b4-3+. The van der Waals surface area contributed by atoms with Gasteiger partial charge in [-0.15, -0.1) is 0 Å². The first-order valence-electron chi connectivity index (χ1n) is 5.53. The average molecular weight is 256 g/mol. The second-order valence-electron chi connectivity index (χ2n) is 4.33. The van der Waals surface area contributed by atoms with E-state index in [9.17, 15) is 14.4 Å². The molecule has 1 saturated heterocycles. The molecule has 3 N–H and O–H groups in total. The highest BCUT2D eigenvalue weighted by Crippen LogP contribution is 2.17. The predicted molar refractivity (Wildman–Crippen MR) is 61.9 cm³/mol. The van der Waals surface area contributed by atoms with Gasteiger partial charge in [-0.05, 0) is 19.8 Å². The zero-order valence-electron chi connectivity index (χ0n) is 10.1. The molecule has 1 aliphatic rings. The molecule has 18 heavy (non-hydrogen) atoms. The van der Waals surface area contributed by atoms with Gasteiger partial charge >= 0.3 is 12.0 Å². The minimum absolute atomic E-state index is 0.388. The van der Waals surface area contributed by atoms with Crippen LogP contribution in [0.4, 0.5) is 4.79 Å². The van der Waals surface area contributed by atoms with Crippen LogP contribution in [0.2, 0.25) is 0 Å². The summed E-state index contributed by atoms with van der Waals surface area (Å²) in [6, 6.07) is -0.664. The molecule has 1 atom stereocenters. The van der Waals surface area contributed by atoms with Gasteiger partial charge in [0.05, 0.1) is 12.1 Å². The third-order valence-electron chi connectivity index (χ3n) is 2.47. The second-order valence-corrected chi connectivity index (χ2v) is 4.33. The van der Waals surface area contributed by atoms with E-state index in [1.807, 2.05) is 12.2 Å². The molecule has 0 spiro atoms. The number of carboxylic acid groups (broad SMARTS) is 1. The van der Waals surface area contributed by atoms with E-state index in [-0.39, 0.29) is 0 Å². The first kappa shape index (κ1) is 14.2. The summed E-state index contributed by atoms with van der Waals surface area (Å²) in [5.74, 6) is -2.03. The summed E-state index contributed by atoms with van der Waals surface area (Å²) in [6.45, 7) is 2.88. The van der Waals surface area contributed by atoms with Gasteiger partial charge in [-0.3, -0.25) is 10.1 Å². The van der Waals surface area contributed by atoms with Crippen LogP contribution in [0.25, 0.3) is 0 Å². The number of hydrogen-bond donors (Lipinski definition) is 3. The zero-order valence-corrected chi connectivity index (χ0v) is 10.1. The van der Waals surface area contributed by atoms with Gasteiger partial charge in [0, 0.05) is 18.8 Å². The monoisotopic (exact) mass is 256 g/mol. The highest BCUT2D eigenvalue weighted by atomic mass is 16.5. The van der Waals surface area contributed by atoms with E-state index in [4.69, 9.17) is 9.84 Å². The second kappa shape index (κ2) is 6.15. The first-order chi connectivity index (χ1) is 8.41. The molecule has 3 amide bonds. The maximum Gasteiger partial charge on any atom is 0.328 e. The molecule has 1 rings (SSSR count). The molecular weight excluding hydrogens is 240 g/mol. The van der Waals surface area contributed by atoms with Crippen LogP contribution in [0, 0.1) is 0 Å². The predicted octanol–water partition coefficient (Wildman–Crippen LogP) is 0.0221. The van der Waals surface area contributed by atoms with E-state index in [1.54, 1.807) is 0 Å². The van der Waals surface area contributed by atoms with Gasteiger partial charge in [0.15, 0.2) is 0 Å². The molecule has 1 heterocycles. The number of imide groups is 1. The molecule has 0 aromatic heterocycles. The van der Waals surface area contributed by atoms with Crippen LogP contribution in [-0.4, -0.2) is 41.8 Å². The van der Waals surface area contributed by atoms with Crippen LogP contribution >= 0.6 is 0 Å². The smallest absolute Gasteiger partial charge is 0.328 e. The number of carbonyl (C=O) groups excluding carboxylic acids is 2. The molecule has 0 aliphatic carbocycles. The lowest BCUT2D eigenvalue weighted by Crippen LogP contribution is -2.55. The Balaban J connectivity index is 2.41. The summed E-state index contributed by atoms with van der Waals surface area (Å²) < 4.78 is 5.25. The van der Waals surface area contributed by atoms with Gasteiger partial charge in [0.1, 0.15) is 0 Å². The quantitative estimate of drug-likeness (QED) is 0.617. The number of aliphatic carboxylic acids is 1. The maximum atomic E-state index is 11.5. The third kappa shape index (κ3) is 4.96. The lowest BCUT2D eigenvalue weighted by molar-refractivity contribution is -0.131. The summed E-state index contributed by atoms with van der Waals surface area (Å²) >= 11 is 0. The molecule has 7 heteroatoms. The van der Waals surface area contributed by atoms with E-state index >= 15 is 0 Å². The van der Waals surface area contributed by atoms with Gasteiger partial charge < -0.3 is 15.2 Å². The molecule has 0 aromatic rings. The van der Waals surface area contributed by atoms with Gasteiger partial charge in [-0.25, -0.2) is 9.59 Å². The van der Waals surface area contributed by atoms with Gasteiger partial charge in [-0.2, -0.15) is 0 Å². The van der Waals surface area contributed by atoms with E-state index in [0.29, 0.717) is 19.3 Å². The fourth-order valence-electron chi connectivity index (χ4n) is 1.64. The van der Waals surface area contributed by atoms with Crippen LogP contribution in [-0.2, 0) is 14.3 Å². The Labute approximate surface area is 104 Å². The summed E-state index contributed by atoms with van der Waals surface area (Å²) in [7, 11) is 0. The number of hydrogen-bond acceptors (Lipinski definition) is 4. The minimum atomic E-state index is -1.25. The molecule has 1 fully saturated rings. The summed E-state index contributed by atoms with van der Waals surface area (Å²) in [6.07, 6.45) is 3.04. The fourth-order valence-corrected chi connectivity index (χ4v) is 1.64. The van der Waals surface area contributed by atoms with Crippen molar-refractivity contribution in [1.82, 2.24) is 10.6 Å². The molecule has 0 radical (unpaired) electrons. The topological polar surface area (TPSA) is 105 Å². The number of amides is 3. The van der Waals surface area contributed by atoms with Crippen molar-refractivity contribution in [3.8, 4) is 0 Å². The lowest BCUT2D eigenvalue weighted by Gasteiger charge is -2.33. The van der Waals surface area contributed by atoms with Crippen LogP contribution in [0.5, 0.6) is 0 Å². The molecular formula is C11H16N2O5. The van der Waals surface area contributed by atoms with E-state index in [0.717, 1.165) is 18.9 Å². The molecule has 0 aromatic carbocycles. The van der Waals surface area contributed by atoms with Gasteiger partial charge in [0.25, 0.3) is 5.91 Å². The SMILES string of the molecule is CC1(NC(=O)NC(=O)/C=C/C(=O)O)CCCOC1. The fraction of sp³-hybridized carbons (Fsp3) is 0.545. The molecule has 1 aliphatic heterocycles. The molecule has 0 saturated carbocycles. The number of rotatable bonds is 3. The Morgan fingerprint density at radius 1 is 1.33 bits per heavy atom.